The van der Waals surface area contributed by atoms with Crippen LogP contribution in [0.2, 0.25) is 0 Å². The number of benzene rings is 2. The van der Waals surface area contributed by atoms with E-state index in [0.717, 1.165) is 41.8 Å². The SMILES string of the molecule is COCc1nc2cc(NC3CCc4c(cccc4OC)C3)ccc2o1. The molecule has 3 aromatic rings. The van der Waals surface area contributed by atoms with Crippen LogP contribution in [0.4, 0.5) is 5.69 Å². The summed E-state index contributed by atoms with van der Waals surface area (Å²) in [6.45, 7) is 0.388. The van der Waals surface area contributed by atoms with Gasteiger partial charge in [-0.1, -0.05) is 12.1 Å². The second kappa shape index (κ2) is 6.76. The maximum absolute atomic E-state index is 5.65. The van der Waals surface area contributed by atoms with Crippen LogP contribution in [0, 0.1) is 0 Å². The molecule has 0 saturated carbocycles. The van der Waals surface area contributed by atoms with Crippen LogP contribution in [-0.2, 0) is 24.2 Å². The molecular weight excluding hydrogens is 316 g/mol. The Balaban J connectivity index is 1.51. The molecule has 1 heterocycles. The summed E-state index contributed by atoms with van der Waals surface area (Å²) >= 11 is 0. The first-order chi connectivity index (χ1) is 12.3. The molecule has 0 radical (unpaired) electrons. The van der Waals surface area contributed by atoms with E-state index in [0.29, 0.717) is 18.5 Å². The fraction of sp³-hybridized carbons (Fsp3) is 0.350. The van der Waals surface area contributed by atoms with E-state index < -0.39 is 0 Å². The van der Waals surface area contributed by atoms with E-state index in [4.69, 9.17) is 13.9 Å². The lowest BCUT2D eigenvalue weighted by molar-refractivity contribution is 0.161. The fourth-order valence-electron chi connectivity index (χ4n) is 3.57. The van der Waals surface area contributed by atoms with Crippen LogP contribution in [0.3, 0.4) is 0 Å². The third-order valence-corrected chi connectivity index (χ3v) is 4.73. The van der Waals surface area contributed by atoms with Gasteiger partial charge in [0.25, 0.3) is 0 Å². The molecule has 0 aliphatic heterocycles. The topological polar surface area (TPSA) is 56.5 Å². The number of oxazole rings is 1. The monoisotopic (exact) mass is 338 g/mol. The Morgan fingerprint density at radius 2 is 2.16 bits per heavy atom. The first-order valence-corrected chi connectivity index (χ1v) is 8.56. The van der Waals surface area contributed by atoms with Crippen LogP contribution in [0.1, 0.15) is 23.4 Å². The average Bonchev–Trinajstić information content (AvgIpc) is 3.03. The van der Waals surface area contributed by atoms with E-state index in [9.17, 15) is 0 Å². The Morgan fingerprint density at radius 1 is 1.24 bits per heavy atom. The Labute approximate surface area is 147 Å². The predicted molar refractivity (Wildman–Crippen MR) is 97.2 cm³/mol. The second-order valence-corrected chi connectivity index (χ2v) is 6.41. The van der Waals surface area contributed by atoms with Crippen LogP contribution >= 0.6 is 0 Å². The number of nitrogens with one attached hydrogen (secondary N) is 1. The van der Waals surface area contributed by atoms with Gasteiger partial charge in [0.2, 0.25) is 5.89 Å². The third-order valence-electron chi connectivity index (χ3n) is 4.73. The Kier molecular flexibility index (Phi) is 4.32. The molecule has 4 rings (SSSR count). The van der Waals surface area contributed by atoms with Gasteiger partial charge in [-0.15, -0.1) is 0 Å². The van der Waals surface area contributed by atoms with Crippen molar-refractivity contribution in [3.63, 3.8) is 0 Å². The van der Waals surface area contributed by atoms with Crippen molar-refractivity contribution in [2.24, 2.45) is 0 Å². The van der Waals surface area contributed by atoms with Crippen LogP contribution in [-0.4, -0.2) is 25.2 Å². The maximum Gasteiger partial charge on any atom is 0.221 e. The fourth-order valence-corrected chi connectivity index (χ4v) is 3.57. The van der Waals surface area contributed by atoms with Gasteiger partial charge in [-0.2, -0.15) is 0 Å². The van der Waals surface area contributed by atoms with Crippen molar-refractivity contribution in [3.05, 3.63) is 53.4 Å². The molecule has 1 aliphatic rings. The number of fused-ring (bicyclic) bond motifs is 2. The van der Waals surface area contributed by atoms with Crippen molar-refractivity contribution in [1.29, 1.82) is 0 Å². The van der Waals surface area contributed by atoms with E-state index >= 15 is 0 Å². The van der Waals surface area contributed by atoms with E-state index in [1.165, 1.54) is 11.1 Å². The van der Waals surface area contributed by atoms with Crippen molar-refractivity contribution in [1.82, 2.24) is 4.98 Å². The molecule has 1 aromatic heterocycles. The first kappa shape index (κ1) is 16.0. The van der Waals surface area contributed by atoms with Crippen molar-refractivity contribution < 1.29 is 13.9 Å². The summed E-state index contributed by atoms with van der Waals surface area (Å²) in [5.41, 5.74) is 5.43. The van der Waals surface area contributed by atoms with Crippen molar-refractivity contribution in [3.8, 4) is 5.75 Å². The highest BCUT2D eigenvalue weighted by atomic mass is 16.5. The van der Waals surface area contributed by atoms with Gasteiger partial charge in [0.1, 0.15) is 17.9 Å². The molecule has 0 spiro atoms. The molecule has 0 saturated heterocycles. The standard InChI is InChI=1S/C20H22N2O3/c1-23-12-20-22-17-11-15(7-9-19(17)25-20)21-14-6-8-16-13(10-14)4-3-5-18(16)24-2/h3-5,7,9,11,14,21H,6,8,10,12H2,1-2H3. The minimum Gasteiger partial charge on any atom is -0.496 e. The van der Waals surface area contributed by atoms with Gasteiger partial charge in [0, 0.05) is 18.8 Å². The molecule has 1 aliphatic carbocycles. The third kappa shape index (κ3) is 3.20. The van der Waals surface area contributed by atoms with E-state index in [1.54, 1.807) is 14.2 Å². The molecule has 5 heteroatoms. The van der Waals surface area contributed by atoms with E-state index in [2.05, 4.69) is 22.4 Å². The van der Waals surface area contributed by atoms with Crippen molar-refractivity contribution in [2.45, 2.75) is 31.9 Å². The number of anilines is 1. The largest absolute Gasteiger partial charge is 0.496 e. The number of nitrogens with zero attached hydrogens (tertiary/aromatic N) is 1. The molecule has 1 atom stereocenters. The van der Waals surface area contributed by atoms with E-state index in [1.807, 2.05) is 24.3 Å². The number of aromatic nitrogens is 1. The number of rotatable bonds is 5. The molecule has 0 bridgehead atoms. The molecule has 130 valence electrons. The first-order valence-electron chi connectivity index (χ1n) is 8.56. The molecule has 1 N–H and O–H groups in total. The summed E-state index contributed by atoms with van der Waals surface area (Å²) in [7, 11) is 3.38. The molecular formula is C20H22N2O3. The molecule has 2 aromatic carbocycles. The second-order valence-electron chi connectivity index (χ2n) is 6.41. The smallest absolute Gasteiger partial charge is 0.221 e. The predicted octanol–water partition coefficient (Wildman–Crippen LogP) is 3.95. The van der Waals surface area contributed by atoms with Crippen LogP contribution < -0.4 is 10.1 Å². The quantitative estimate of drug-likeness (QED) is 0.763. The lowest BCUT2D eigenvalue weighted by atomic mass is 9.87. The lowest BCUT2D eigenvalue weighted by Gasteiger charge is -2.27. The molecule has 0 fully saturated rings. The number of hydrogen-bond acceptors (Lipinski definition) is 5. The number of hydrogen-bond donors (Lipinski definition) is 1. The average molecular weight is 338 g/mol. The zero-order valence-corrected chi connectivity index (χ0v) is 14.5. The minimum absolute atomic E-state index is 0.388. The van der Waals surface area contributed by atoms with Gasteiger partial charge in [-0.3, -0.25) is 0 Å². The van der Waals surface area contributed by atoms with Gasteiger partial charge in [-0.05, 0) is 54.7 Å². The van der Waals surface area contributed by atoms with Crippen molar-refractivity contribution in [2.75, 3.05) is 19.5 Å². The zero-order valence-electron chi connectivity index (χ0n) is 14.5. The van der Waals surface area contributed by atoms with Gasteiger partial charge in [0.15, 0.2) is 5.58 Å². The highest BCUT2D eigenvalue weighted by Crippen LogP contribution is 2.31. The van der Waals surface area contributed by atoms with Gasteiger partial charge in [0.05, 0.1) is 7.11 Å². The summed E-state index contributed by atoms with van der Waals surface area (Å²) in [6.07, 6.45) is 3.11. The zero-order chi connectivity index (χ0) is 17.2. The Bertz CT molecular complexity index is 888. The lowest BCUT2D eigenvalue weighted by Crippen LogP contribution is -2.27. The summed E-state index contributed by atoms with van der Waals surface area (Å²) in [4.78, 5) is 4.47. The Morgan fingerprint density at radius 3 is 3.00 bits per heavy atom. The molecule has 25 heavy (non-hydrogen) atoms. The van der Waals surface area contributed by atoms with E-state index in [-0.39, 0.29) is 0 Å². The van der Waals surface area contributed by atoms with Gasteiger partial charge < -0.3 is 19.2 Å². The molecule has 1 unspecified atom stereocenters. The summed E-state index contributed by atoms with van der Waals surface area (Å²) < 4.78 is 16.2. The maximum atomic E-state index is 5.65. The Hall–Kier alpha value is -2.53. The summed E-state index contributed by atoms with van der Waals surface area (Å²) in [6, 6.07) is 12.8. The van der Waals surface area contributed by atoms with Gasteiger partial charge >= 0.3 is 0 Å². The molecule has 5 nitrogen and oxygen atoms in total. The molecule has 0 amide bonds. The van der Waals surface area contributed by atoms with Crippen LogP contribution in [0.15, 0.2) is 40.8 Å². The van der Waals surface area contributed by atoms with Crippen molar-refractivity contribution >= 4 is 16.8 Å². The van der Waals surface area contributed by atoms with Crippen LogP contribution in [0.25, 0.3) is 11.1 Å². The minimum atomic E-state index is 0.388. The normalized spacial score (nSPS) is 16.6. The highest BCUT2D eigenvalue weighted by molar-refractivity contribution is 5.77. The summed E-state index contributed by atoms with van der Waals surface area (Å²) in [5, 5.41) is 3.64. The highest BCUT2D eigenvalue weighted by Gasteiger charge is 2.21. The summed E-state index contributed by atoms with van der Waals surface area (Å²) in [5.74, 6) is 1.61. The van der Waals surface area contributed by atoms with Crippen LogP contribution in [0.5, 0.6) is 5.75 Å². The number of methoxy groups -OCH3 is 2. The van der Waals surface area contributed by atoms with Gasteiger partial charge in [-0.25, -0.2) is 4.98 Å². The number of ether oxygens (including phenoxy) is 2.